The van der Waals surface area contributed by atoms with Crippen molar-refractivity contribution in [3.63, 3.8) is 0 Å². The number of benzene rings is 1. The maximum Gasteiger partial charge on any atom is 0.277 e. The first kappa shape index (κ1) is 12.1. The molecule has 2 aromatic rings. The third kappa shape index (κ3) is 3.08. The minimum Gasteiger partial charge on any atom is -0.492 e. The molecule has 0 aliphatic heterocycles. The van der Waals surface area contributed by atoms with Gasteiger partial charge in [0.05, 0.1) is 0 Å². The highest BCUT2D eigenvalue weighted by molar-refractivity contribution is 6.02. The predicted octanol–water partition coefficient (Wildman–Crippen LogP) is 1.26. The normalized spacial score (nSPS) is 10.1. The van der Waals surface area contributed by atoms with Gasteiger partial charge in [-0.1, -0.05) is 11.2 Å². The summed E-state index contributed by atoms with van der Waals surface area (Å²) < 4.78 is 9.96. The van der Waals surface area contributed by atoms with Crippen LogP contribution in [0.4, 0.5) is 5.69 Å². The molecule has 6 nitrogen and oxygen atoms in total. The molecular formula is C12H13N3O3. The van der Waals surface area contributed by atoms with Crippen LogP contribution >= 0.6 is 0 Å². The number of amides is 1. The Bertz CT molecular complexity index is 511. The predicted molar refractivity (Wildman–Crippen MR) is 65.4 cm³/mol. The van der Waals surface area contributed by atoms with Gasteiger partial charge in [-0.05, 0) is 12.1 Å². The lowest BCUT2D eigenvalue weighted by Gasteiger charge is -2.07. The van der Waals surface area contributed by atoms with Crippen LogP contribution in [0.15, 0.2) is 41.1 Å². The van der Waals surface area contributed by atoms with E-state index in [9.17, 15) is 4.79 Å². The number of anilines is 1. The number of carbonyl (C=O) groups excluding carboxylic acids is 1. The average Bonchev–Trinajstić information content (AvgIpc) is 2.91. The van der Waals surface area contributed by atoms with Gasteiger partial charge in [-0.15, -0.1) is 0 Å². The molecule has 1 amide bonds. The van der Waals surface area contributed by atoms with Crippen molar-refractivity contribution < 1.29 is 14.1 Å². The van der Waals surface area contributed by atoms with Crippen molar-refractivity contribution in [2.75, 3.05) is 18.5 Å². The van der Waals surface area contributed by atoms with E-state index in [-0.39, 0.29) is 11.6 Å². The molecule has 1 aromatic carbocycles. The van der Waals surface area contributed by atoms with E-state index in [2.05, 4.69) is 15.0 Å². The lowest BCUT2D eigenvalue weighted by molar-refractivity contribution is 0.101. The molecule has 1 aromatic heterocycles. The zero-order chi connectivity index (χ0) is 12.8. The second-order valence-electron chi connectivity index (χ2n) is 3.50. The summed E-state index contributed by atoms with van der Waals surface area (Å²) in [5.41, 5.74) is 6.19. The third-order valence-electron chi connectivity index (χ3n) is 2.15. The Hall–Kier alpha value is -2.34. The molecule has 0 bridgehead atoms. The van der Waals surface area contributed by atoms with Gasteiger partial charge >= 0.3 is 0 Å². The van der Waals surface area contributed by atoms with Gasteiger partial charge < -0.3 is 20.3 Å². The van der Waals surface area contributed by atoms with Crippen LogP contribution < -0.4 is 15.8 Å². The van der Waals surface area contributed by atoms with E-state index in [0.717, 1.165) is 0 Å². The lowest BCUT2D eigenvalue weighted by Crippen LogP contribution is -2.13. The fraction of sp³-hybridized carbons (Fsp3) is 0.167. The minimum absolute atomic E-state index is 0.225. The Labute approximate surface area is 104 Å². The number of hydrogen-bond donors (Lipinski definition) is 2. The number of hydrogen-bond acceptors (Lipinski definition) is 5. The van der Waals surface area contributed by atoms with Gasteiger partial charge in [0.25, 0.3) is 5.91 Å². The largest absolute Gasteiger partial charge is 0.492 e. The lowest BCUT2D eigenvalue weighted by atomic mass is 10.3. The van der Waals surface area contributed by atoms with E-state index in [4.69, 9.17) is 10.5 Å². The first-order chi connectivity index (χ1) is 8.79. The molecule has 0 saturated carbocycles. The molecule has 1 heterocycles. The van der Waals surface area contributed by atoms with Crippen LogP contribution in [0.25, 0.3) is 0 Å². The van der Waals surface area contributed by atoms with Gasteiger partial charge in [0.15, 0.2) is 5.69 Å². The van der Waals surface area contributed by atoms with E-state index >= 15 is 0 Å². The molecule has 18 heavy (non-hydrogen) atoms. The van der Waals surface area contributed by atoms with Gasteiger partial charge in [0.2, 0.25) is 0 Å². The van der Waals surface area contributed by atoms with Crippen molar-refractivity contribution in [1.82, 2.24) is 5.16 Å². The van der Waals surface area contributed by atoms with E-state index in [1.54, 1.807) is 24.3 Å². The maximum atomic E-state index is 11.7. The van der Waals surface area contributed by atoms with Crippen LogP contribution in [0.2, 0.25) is 0 Å². The Morgan fingerprint density at radius 3 is 3.06 bits per heavy atom. The van der Waals surface area contributed by atoms with Gasteiger partial charge in [-0.25, -0.2) is 0 Å². The molecule has 0 saturated heterocycles. The first-order valence-electron chi connectivity index (χ1n) is 5.44. The van der Waals surface area contributed by atoms with E-state index in [1.807, 2.05) is 0 Å². The van der Waals surface area contributed by atoms with Crippen molar-refractivity contribution in [2.24, 2.45) is 5.73 Å². The molecule has 3 N–H and O–H groups in total. The Morgan fingerprint density at radius 2 is 2.33 bits per heavy atom. The van der Waals surface area contributed by atoms with Gasteiger partial charge in [-0.3, -0.25) is 4.79 Å². The molecule has 94 valence electrons. The maximum absolute atomic E-state index is 11.7. The molecule has 0 fully saturated rings. The summed E-state index contributed by atoms with van der Waals surface area (Å²) in [5, 5.41) is 6.24. The second-order valence-corrected chi connectivity index (χ2v) is 3.50. The van der Waals surface area contributed by atoms with Crippen LogP contribution in [0.1, 0.15) is 10.5 Å². The average molecular weight is 247 g/mol. The monoisotopic (exact) mass is 247 g/mol. The number of rotatable bonds is 5. The van der Waals surface area contributed by atoms with Crippen molar-refractivity contribution in [3.05, 3.63) is 42.3 Å². The van der Waals surface area contributed by atoms with Crippen LogP contribution in [0.5, 0.6) is 5.75 Å². The number of nitrogens with two attached hydrogens (primary N) is 1. The Morgan fingerprint density at radius 1 is 1.44 bits per heavy atom. The highest BCUT2D eigenvalue weighted by Gasteiger charge is 2.09. The number of ether oxygens (including phenoxy) is 1. The van der Waals surface area contributed by atoms with Crippen molar-refractivity contribution in [3.8, 4) is 5.75 Å². The number of carbonyl (C=O) groups is 1. The fourth-order valence-electron chi connectivity index (χ4n) is 1.37. The summed E-state index contributed by atoms with van der Waals surface area (Å²) >= 11 is 0. The summed E-state index contributed by atoms with van der Waals surface area (Å²) in [6.07, 6.45) is 1.34. The summed E-state index contributed by atoms with van der Waals surface area (Å²) in [6.45, 7) is 0.871. The third-order valence-corrected chi connectivity index (χ3v) is 2.15. The van der Waals surface area contributed by atoms with E-state index in [1.165, 1.54) is 12.3 Å². The van der Waals surface area contributed by atoms with Gasteiger partial charge in [-0.2, -0.15) is 0 Å². The molecule has 0 radical (unpaired) electrons. The van der Waals surface area contributed by atoms with Crippen molar-refractivity contribution >= 4 is 11.6 Å². The highest BCUT2D eigenvalue weighted by atomic mass is 16.5. The van der Waals surface area contributed by atoms with Crippen LogP contribution in [0, 0.1) is 0 Å². The molecule has 6 heteroatoms. The summed E-state index contributed by atoms with van der Waals surface area (Å²) in [7, 11) is 0. The minimum atomic E-state index is -0.334. The number of nitrogens with one attached hydrogen (secondary N) is 1. The molecule has 0 spiro atoms. The standard InChI is InChI=1S/C12H13N3O3/c13-5-7-17-10-3-1-2-9(8-10)14-12(16)11-4-6-18-15-11/h1-4,6,8H,5,7,13H2,(H,14,16). The summed E-state index contributed by atoms with van der Waals surface area (Å²) in [5.74, 6) is 0.318. The van der Waals surface area contributed by atoms with Crippen LogP contribution in [-0.2, 0) is 0 Å². The van der Waals surface area contributed by atoms with Gasteiger partial charge in [0, 0.05) is 24.4 Å². The van der Waals surface area contributed by atoms with Crippen molar-refractivity contribution in [1.29, 1.82) is 0 Å². The smallest absolute Gasteiger partial charge is 0.277 e. The molecule has 0 aliphatic rings. The molecule has 0 aliphatic carbocycles. The highest BCUT2D eigenvalue weighted by Crippen LogP contribution is 2.17. The fourth-order valence-corrected chi connectivity index (χ4v) is 1.37. The quantitative estimate of drug-likeness (QED) is 0.830. The van der Waals surface area contributed by atoms with Gasteiger partial charge in [0.1, 0.15) is 18.6 Å². The summed E-state index contributed by atoms with van der Waals surface area (Å²) in [4.78, 5) is 11.7. The van der Waals surface area contributed by atoms with Crippen LogP contribution in [-0.4, -0.2) is 24.2 Å². The van der Waals surface area contributed by atoms with Crippen LogP contribution in [0.3, 0.4) is 0 Å². The van der Waals surface area contributed by atoms with E-state index < -0.39 is 0 Å². The Balaban J connectivity index is 2.03. The number of aromatic nitrogens is 1. The molecular weight excluding hydrogens is 234 g/mol. The van der Waals surface area contributed by atoms with Crippen molar-refractivity contribution in [2.45, 2.75) is 0 Å². The topological polar surface area (TPSA) is 90.4 Å². The second kappa shape index (κ2) is 5.83. The zero-order valence-corrected chi connectivity index (χ0v) is 9.63. The molecule has 0 atom stereocenters. The Kier molecular flexibility index (Phi) is 3.93. The number of nitrogens with zero attached hydrogens (tertiary/aromatic N) is 1. The SMILES string of the molecule is NCCOc1cccc(NC(=O)c2ccon2)c1. The summed E-state index contributed by atoms with van der Waals surface area (Å²) in [6, 6.07) is 8.54. The zero-order valence-electron chi connectivity index (χ0n) is 9.63. The van der Waals surface area contributed by atoms with E-state index in [0.29, 0.717) is 24.6 Å². The first-order valence-corrected chi connectivity index (χ1v) is 5.44. The molecule has 0 unspecified atom stereocenters. The molecule has 2 rings (SSSR count).